The maximum atomic E-state index is 13.3. The minimum absolute atomic E-state index is 0.0166. The minimum Gasteiger partial charge on any atom is -0.466 e. The lowest BCUT2D eigenvalue weighted by Crippen LogP contribution is -2.53. The van der Waals surface area contributed by atoms with Gasteiger partial charge in [-0.25, -0.2) is 0 Å². The number of allylic oxidation sites excluding steroid dienone is 1. The van der Waals surface area contributed by atoms with Crippen LogP contribution in [0.15, 0.2) is 11.6 Å². The Morgan fingerprint density at radius 3 is 2.35 bits per heavy atom. The van der Waals surface area contributed by atoms with Gasteiger partial charge in [-0.3, -0.25) is 19.3 Å². The molecule has 2 unspecified atom stereocenters. The molecule has 0 radical (unpaired) electrons. The highest BCUT2D eigenvalue weighted by Crippen LogP contribution is 2.59. The van der Waals surface area contributed by atoms with Crippen LogP contribution >= 0.6 is 0 Å². The number of fused-ring (bicyclic) bond motifs is 1. The number of piperazine rings is 1. The predicted molar refractivity (Wildman–Crippen MR) is 133 cm³/mol. The fourth-order valence-corrected chi connectivity index (χ4v) is 5.69. The third kappa shape index (κ3) is 6.21. The zero-order valence-electron chi connectivity index (χ0n) is 22.2. The highest BCUT2D eigenvalue weighted by molar-refractivity contribution is 5.82. The summed E-state index contributed by atoms with van der Waals surface area (Å²) in [6.45, 7) is 18.1. The summed E-state index contributed by atoms with van der Waals surface area (Å²) < 4.78 is 4.91. The average Bonchev–Trinajstić information content (AvgIpc) is 2.79. The van der Waals surface area contributed by atoms with Gasteiger partial charge in [-0.05, 0) is 37.0 Å². The van der Waals surface area contributed by atoms with Crippen LogP contribution < -0.4 is 0 Å². The van der Waals surface area contributed by atoms with Crippen LogP contribution in [0, 0.1) is 22.7 Å². The molecule has 4 rings (SSSR count). The Morgan fingerprint density at radius 2 is 1.79 bits per heavy atom. The lowest BCUT2D eigenvalue weighted by Gasteiger charge is -2.57. The van der Waals surface area contributed by atoms with Crippen LogP contribution in [0.3, 0.4) is 0 Å². The number of hydrogen-bond donors (Lipinski definition) is 0. The smallest absolute Gasteiger partial charge is 0.306 e. The molecule has 7 nitrogen and oxygen atoms in total. The van der Waals surface area contributed by atoms with Gasteiger partial charge >= 0.3 is 5.97 Å². The Kier molecular flexibility index (Phi) is 8.48. The van der Waals surface area contributed by atoms with Crippen LogP contribution in [0.4, 0.5) is 0 Å². The van der Waals surface area contributed by atoms with Crippen LogP contribution in [0.25, 0.3) is 0 Å². The van der Waals surface area contributed by atoms with Gasteiger partial charge in [0.1, 0.15) is 0 Å². The Hall–Kier alpha value is -1.89. The SMILES string of the molecule is CCOC(=O)CCC(=O)N1CCN(CCN(CC2=CCC3CC2C3(C)C)C(=O)C(C)(C)C)CC1. The van der Waals surface area contributed by atoms with E-state index in [2.05, 4.69) is 29.7 Å². The largest absolute Gasteiger partial charge is 0.466 e. The van der Waals surface area contributed by atoms with E-state index in [1.54, 1.807) is 6.92 Å². The molecule has 1 saturated carbocycles. The van der Waals surface area contributed by atoms with Crippen molar-refractivity contribution in [2.24, 2.45) is 22.7 Å². The summed E-state index contributed by atoms with van der Waals surface area (Å²) in [5, 5.41) is 0. The summed E-state index contributed by atoms with van der Waals surface area (Å²) in [5.41, 5.74) is 1.40. The van der Waals surface area contributed by atoms with E-state index in [1.807, 2.05) is 25.7 Å². The molecule has 0 N–H and O–H groups in total. The van der Waals surface area contributed by atoms with Gasteiger partial charge in [0, 0.05) is 57.6 Å². The highest BCUT2D eigenvalue weighted by Gasteiger charge is 2.51. The van der Waals surface area contributed by atoms with Gasteiger partial charge < -0.3 is 14.5 Å². The highest BCUT2D eigenvalue weighted by atomic mass is 16.5. The Labute approximate surface area is 205 Å². The fourth-order valence-electron chi connectivity index (χ4n) is 5.69. The topological polar surface area (TPSA) is 70.2 Å². The number of amides is 2. The van der Waals surface area contributed by atoms with Gasteiger partial charge in [0.15, 0.2) is 0 Å². The molecule has 0 aromatic rings. The molecule has 1 aliphatic heterocycles. The first-order valence-electron chi connectivity index (χ1n) is 13.1. The summed E-state index contributed by atoms with van der Waals surface area (Å²) >= 11 is 0. The van der Waals surface area contributed by atoms with E-state index < -0.39 is 5.41 Å². The maximum absolute atomic E-state index is 13.3. The van der Waals surface area contributed by atoms with Gasteiger partial charge in [0.05, 0.1) is 13.0 Å². The van der Waals surface area contributed by atoms with Crippen molar-refractivity contribution in [3.05, 3.63) is 11.6 Å². The number of esters is 1. The number of carbonyl (C=O) groups is 3. The first-order valence-corrected chi connectivity index (χ1v) is 13.1. The monoisotopic (exact) mass is 475 g/mol. The molecule has 0 spiro atoms. The van der Waals surface area contributed by atoms with Crippen molar-refractivity contribution in [1.82, 2.24) is 14.7 Å². The molecule has 0 aromatic carbocycles. The molecule has 34 heavy (non-hydrogen) atoms. The number of nitrogens with zero attached hydrogens (tertiary/aromatic N) is 3. The van der Waals surface area contributed by atoms with Crippen LogP contribution in [-0.2, 0) is 19.1 Å². The molecule has 4 aliphatic rings. The van der Waals surface area contributed by atoms with E-state index >= 15 is 0 Å². The van der Waals surface area contributed by atoms with E-state index in [1.165, 1.54) is 12.0 Å². The zero-order chi connectivity index (χ0) is 25.1. The summed E-state index contributed by atoms with van der Waals surface area (Å²) in [6, 6.07) is 0. The van der Waals surface area contributed by atoms with E-state index in [4.69, 9.17) is 4.74 Å². The first-order chi connectivity index (χ1) is 15.9. The summed E-state index contributed by atoms with van der Waals surface area (Å²) in [4.78, 5) is 43.5. The van der Waals surface area contributed by atoms with Crippen molar-refractivity contribution < 1.29 is 19.1 Å². The molecule has 7 heteroatoms. The van der Waals surface area contributed by atoms with Gasteiger partial charge in [0.25, 0.3) is 0 Å². The summed E-state index contributed by atoms with van der Waals surface area (Å²) in [5.74, 6) is 1.31. The molecule has 0 aromatic heterocycles. The van der Waals surface area contributed by atoms with E-state index in [0.29, 0.717) is 37.6 Å². The number of carbonyl (C=O) groups excluding carboxylic acids is 3. The van der Waals surface area contributed by atoms with Gasteiger partial charge in [-0.15, -0.1) is 0 Å². The molecule has 2 amide bonds. The standard InChI is InChI=1S/C27H45N3O4/c1-7-34-24(32)11-10-23(31)29-15-12-28(13-16-29)14-17-30(25(33)26(2,3)4)19-20-8-9-21-18-22(20)27(21,5)6/h8,21-22H,7,9-19H2,1-6H3. The predicted octanol–water partition coefficient (Wildman–Crippen LogP) is 3.34. The third-order valence-corrected chi connectivity index (χ3v) is 8.14. The Morgan fingerprint density at radius 1 is 1.12 bits per heavy atom. The van der Waals surface area contributed by atoms with Gasteiger partial charge in [-0.2, -0.15) is 0 Å². The zero-order valence-corrected chi connectivity index (χ0v) is 22.2. The second-order valence-electron chi connectivity index (χ2n) is 11.8. The van der Waals surface area contributed by atoms with Gasteiger partial charge in [0.2, 0.25) is 11.8 Å². The molecule has 1 heterocycles. The lowest BCUT2D eigenvalue weighted by atomic mass is 9.49. The van der Waals surface area contributed by atoms with Crippen molar-refractivity contribution in [1.29, 1.82) is 0 Å². The van der Waals surface area contributed by atoms with Crippen molar-refractivity contribution in [3.8, 4) is 0 Å². The molecule has 192 valence electrons. The summed E-state index contributed by atoms with van der Waals surface area (Å²) in [6.07, 6.45) is 5.16. The van der Waals surface area contributed by atoms with Crippen molar-refractivity contribution in [3.63, 3.8) is 0 Å². The number of hydrogen-bond acceptors (Lipinski definition) is 5. The van der Waals surface area contributed by atoms with E-state index in [9.17, 15) is 14.4 Å². The quantitative estimate of drug-likeness (QED) is 0.378. The van der Waals surface area contributed by atoms with E-state index in [0.717, 1.165) is 38.5 Å². The van der Waals surface area contributed by atoms with Crippen molar-refractivity contribution >= 4 is 17.8 Å². The third-order valence-electron chi connectivity index (χ3n) is 8.14. The Bertz CT molecular complexity index is 790. The molecule has 1 saturated heterocycles. The second-order valence-corrected chi connectivity index (χ2v) is 11.8. The van der Waals surface area contributed by atoms with Crippen LogP contribution in [-0.4, -0.2) is 84.9 Å². The van der Waals surface area contributed by atoms with Crippen LogP contribution in [0.2, 0.25) is 0 Å². The van der Waals surface area contributed by atoms with Crippen LogP contribution in [0.1, 0.15) is 67.2 Å². The normalized spacial score (nSPS) is 24.2. The summed E-state index contributed by atoms with van der Waals surface area (Å²) in [7, 11) is 0. The lowest BCUT2D eigenvalue weighted by molar-refractivity contribution is -0.146. The molecular formula is C27H45N3O4. The van der Waals surface area contributed by atoms with Crippen molar-refractivity contribution in [2.45, 2.75) is 67.2 Å². The first kappa shape index (κ1) is 26.7. The molecule has 3 aliphatic carbocycles. The molecule has 2 bridgehead atoms. The number of rotatable bonds is 9. The van der Waals surface area contributed by atoms with Crippen molar-refractivity contribution in [2.75, 3.05) is 52.4 Å². The van der Waals surface area contributed by atoms with E-state index in [-0.39, 0.29) is 30.6 Å². The van der Waals surface area contributed by atoms with Crippen LogP contribution in [0.5, 0.6) is 0 Å². The maximum Gasteiger partial charge on any atom is 0.306 e. The fraction of sp³-hybridized carbons (Fsp3) is 0.815. The Balaban J connectivity index is 1.50. The minimum atomic E-state index is -0.406. The number of ether oxygens (including phenoxy) is 1. The second kappa shape index (κ2) is 10.8. The molecule has 2 fully saturated rings. The average molecular weight is 476 g/mol. The van der Waals surface area contributed by atoms with Gasteiger partial charge in [-0.1, -0.05) is 46.3 Å². The molecule has 2 atom stereocenters. The molecular weight excluding hydrogens is 430 g/mol.